The van der Waals surface area contributed by atoms with Crippen LogP contribution in [0.25, 0.3) is 72.0 Å². The van der Waals surface area contributed by atoms with Crippen LogP contribution in [-0.2, 0) is 5.41 Å². The number of nitrogens with zero attached hydrogens (tertiary/aromatic N) is 2. The molecule has 0 saturated heterocycles. The molecule has 1 heterocycles. The van der Waals surface area contributed by atoms with Crippen molar-refractivity contribution in [2.75, 3.05) is 4.90 Å². The summed E-state index contributed by atoms with van der Waals surface area (Å²) in [6.07, 6.45) is 0. The smallest absolute Gasteiger partial charge is 0.0714 e. The predicted molar refractivity (Wildman–Crippen MR) is 289 cm³/mol. The Kier molecular flexibility index (Phi) is 9.77. The number of rotatable bonds is 9. The number of aromatic nitrogens is 1. The topological polar surface area (TPSA) is 8.17 Å². The Morgan fingerprint density at radius 3 is 1.33 bits per heavy atom. The van der Waals surface area contributed by atoms with Crippen molar-refractivity contribution in [3.8, 4) is 50.2 Å². The Morgan fingerprint density at radius 2 is 0.696 bits per heavy atom. The van der Waals surface area contributed by atoms with Crippen molar-refractivity contribution < 1.29 is 0 Å². The molecule has 1 aliphatic carbocycles. The van der Waals surface area contributed by atoms with E-state index in [1.54, 1.807) is 0 Å². The van der Waals surface area contributed by atoms with Gasteiger partial charge in [0.15, 0.2) is 0 Å². The average molecular weight is 879 g/mol. The third kappa shape index (κ3) is 6.34. The van der Waals surface area contributed by atoms with Gasteiger partial charge in [-0.15, -0.1) is 0 Å². The summed E-state index contributed by atoms with van der Waals surface area (Å²) in [5.74, 6) is 0. The van der Waals surface area contributed by atoms with Gasteiger partial charge in [0.05, 0.1) is 39.2 Å². The van der Waals surface area contributed by atoms with Crippen LogP contribution in [0.5, 0.6) is 0 Å². The van der Waals surface area contributed by atoms with Crippen LogP contribution in [0.3, 0.4) is 0 Å². The maximum atomic E-state index is 2.59. The molecule has 0 amide bonds. The van der Waals surface area contributed by atoms with E-state index in [1.807, 2.05) is 0 Å². The summed E-state index contributed by atoms with van der Waals surface area (Å²) in [7, 11) is 0. The second-order valence-corrected chi connectivity index (χ2v) is 17.9. The molecule has 324 valence electrons. The van der Waals surface area contributed by atoms with Crippen molar-refractivity contribution >= 4 is 38.9 Å². The summed E-state index contributed by atoms with van der Waals surface area (Å²) >= 11 is 0. The number of fused-ring (bicyclic) bond motifs is 6. The lowest BCUT2D eigenvalue weighted by molar-refractivity contribution is 0.768. The Balaban J connectivity index is 1.20. The SMILES string of the molecule is c1ccc(-c2ccccc2-c2c(-c3ccccc3)cccc2N(c2ccccc2-n2c3ccccc3c3ccccc32)c2cccc3c2-c2ccccc2C3(c2ccccc2)c2ccccc2)cc1. The fourth-order valence-corrected chi connectivity index (χ4v) is 11.5. The van der Waals surface area contributed by atoms with Crippen LogP contribution in [0.4, 0.5) is 17.1 Å². The van der Waals surface area contributed by atoms with E-state index in [0.29, 0.717) is 0 Å². The number of para-hydroxylation sites is 4. The van der Waals surface area contributed by atoms with Crippen LogP contribution < -0.4 is 4.90 Å². The highest BCUT2D eigenvalue weighted by atomic mass is 15.2. The fraction of sp³-hybridized carbons (Fsp3) is 0.0149. The fourth-order valence-electron chi connectivity index (χ4n) is 11.5. The van der Waals surface area contributed by atoms with Gasteiger partial charge in [-0.25, -0.2) is 0 Å². The largest absolute Gasteiger partial charge is 0.307 e. The summed E-state index contributed by atoms with van der Waals surface area (Å²) in [6.45, 7) is 0. The maximum absolute atomic E-state index is 2.59. The molecule has 0 radical (unpaired) electrons. The first kappa shape index (κ1) is 40.3. The minimum Gasteiger partial charge on any atom is -0.307 e. The zero-order chi connectivity index (χ0) is 45.7. The summed E-state index contributed by atoms with van der Waals surface area (Å²) < 4.78 is 2.47. The molecule has 0 spiro atoms. The first-order valence-electron chi connectivity index (χ1n) is 23.9. The van der Waals surface area contributed by atoms with Crippen molar-refractivity contribution in [2.24, 2.45) is 0 Å². The Morgan fingerprint density at radius 1 is 0.275 bits per heavy atom. The minimum absolute atomic E-state index is 0.586. The molecule has 12 aromatic rings. The number of benzene rings is 11. The molecule has 11 aromatic carbocycles. The number of hydrogen-bond acceptors (Lipinski definition) is 1. The Hall–Kier alpha value is -8.98. The predicted octanol–water partition coefficient (Wildman–Crippen LogP) is 17.6. The highest BCUT2D eigenvalue weighted by Gasteiger charge is 2.47. The normalized spacial score (nSPS) is 12.5. The second-order valence-electron chi connectivity index (χ2n) is 17.9. The van der Waals surface area contributed by atoms with Crippen molar-refractivity contribution in [3.05, 3.63) is 301 Å². The van der Waals surface area contributed by atoms with Gasteiger partial charge in [-0.1, -0.05) is 243 Å². The van der Waals surface area contributed by atoms with E-state index < -0.39 is 5.41 Å². The lowest BCUT2D eigenvalue weighted by Crippen LogP contribution is -2.28. The van der Waals surface area contributed by atoms with E-state index in [4.69, 9.17) is 0 Å². The Labute approximate surface area is 403 Å². The molecule has 0 fully saturated rings. The van der Waals surface area contributed by atoms with Gasteiger partial charge in [-0.2, -0.15) is 0 Å². The summed E-state index contributed by atoms with van der Waals surface area (Å²) in [6, 6.07) is 103. The molecule has 1 aliphatic rings. The molecule has 0 N–H and O–H groups in total. The van der Waals surface area contributed by atoms with Crippen LogP contribution in [0, 0.1) is 0 Å². The first-order valence-corrected chi connectivity index (χ1v) is 23.9. The van der Waals surface area contributed by atoms with Gasteiger partial charge in [0, 0.05) is 21.9 Å². The molecule has 0 aliphatic heterocycles. The quantitative estimate of drug-likeness (QED) is 0.140. The highest BCUT2D eigenvalue weighted by molar-refractivity contribution is 6.11. The zero-order valence-corrected chi connectivity index (χ0v) is 38.0. The van der Waals surface area contributed by atoms with Crippen molar-refractivity contribution in [3.63, 3.8) is 0 Å². The third-order valence-electron chi connectivity index (χ3n) is 14.3. The first-order chi connectivity index (χ1) is 34.3. The molecular weight excluding hydrogens is 833 g/mol. The van der Waals surface area contributed by atoms with Crippen molar-refractivity contribution in [1.29, 1.82) is 0 Å². The van der Waals surface area contributed by atoms with E-state index >= 15 is 0 Å². The van der Waals surface area contributed by atoms with Crippen LogP contribution in [0.15, 0.2) is 279 Å². The van der Waals surface area contributed by atoms with Gasteiger partial charge in [-0.05, 0) is 92.0 Å². The molecule has 0 saturated carbocycles. The molecule has 0 atom stereocenters. The standard InChI is InChI=1S/C67H46N2/c1-5-25-47(26-6-1)51-33-13-14-36-55(51)65-52(48-27-7-2-8-28-48)38-23-45-63(65)69(62-44-22-21-43-61(62)68-59-41-19-16-34-53(59)54-35-17-20-42-60(54)68)64-46-24-40-58-66(64)56-37-15-18-39-57(56)67(58,49-29-9-3-10-30-49)50-31-11-4-12-32-50/h1-46H. The molecule has 2 nitrogen and oxygen atoms in total. The number of hydrogen-bond donors (Lipinski definition) is 0. The van der Waals surface area contributed by atoms with Crippen molar-refractivity contribution in [1.82, 2.24) is 4.57 Å². The van der Waals surface area contributed by atoms with Gasteiger partial charge >= 0.3 is 0 Å². The molecule has 69 heavy (non-hydrogen) atoms. The lowest BCUT2D eigenvalue weighted by Gasteiger charge is -2.35. The summed E-state index contributed by atoms with van der Waals surface area (Å²) in [5, 5.41) is 2.45. The Bertz CT molecular complexity index is 3740. The van der Waals surface area contributed by atoms with E-state index in [9.17, 15) is 0 Å². The molecule has 13 rings (SSSR count). The third-order valence-corrected chi connectivity index (χ3v) is 14.3. The van der Waals surface area contributed by atoms with Gasteiger partial charge in [0.1, 0.15) is 0 Å². The lowest BCUT2D eigenvalue weighted by atomic mass is 9.68. The number of anilines is 3. The molecule has 1 aromatic heterocycles. The summed E-state index contributed by atoms with van der Waals surface area (Å²) in [5.41, 5.74) is 20.5. The molecule has 2 heteroatoms. The zero-order valence-electron chi connectivity index (χ0n) is 38.0. The van der Waals surface area contributed by atoms with E-state index in [-0.39, 0.29) is 0 Å². The van der Waals surface area contributed by atoms with Gasteiger partial charge in [0.2, 0.25) is 0 Å². The second kappa shape index (κ2) is 16.7. The molecule has 0 bridgehead atoms. The van der Waals surface area contributed by atoms with Crippen LogP contribution >= 0.6 is 0 Å². The van der Waals surface area contributed by atoms with Crippen LogP contribution in [-0.4, -0.2) is 4.57 Å². The average Bonchev–Trinajstić information content (AvgIpc) is 3.93. The van der Waals surface area contributed by atoms with Gasteiger partial charge < -0.3 is 9.47 Å². The van der Waals surface area contributed by atoms with Crippen molar-refractivity contribution in [2.45, 2.75) is 5.41 Å². The maximum Gasteiger partial charge on any atom is 0.0714 e. The van der Waals surface area contributed by atoms with Crippen LogP contribution in [0.2, 0.25) is 0 Å². The molecule has 0 unspecified atom stereocenters. The monoisotopic (exact) mass is 878 g/mol. The van der Waals surface area contributed by atoms with Gasteiger partial charge in [-0.3, -0.25) is 0 Å². The minimum atomic E-state index is -0.586. The van der Waals surface area contributed by atoms with E-state index in [1.165, 1.54) is 55.3 Å². The van der Waals surface area contributed by atoms with E-state index in [2.05, 4.69) is 289 Å². The van der Waals surface area contributed by atoms with Crippen LogP contribution in [0.1, 0.15) is 22.3 Å². The van der Waals surface area contributed by atoms with Gasteiger partial charge in [0.25, 0.3) is 0 Å². The highest BCUT2D eigenvalue weighted by Crippen LogP contribution is 2.61. The molecular formula is C67H46N2. The summed E-state index contributed by atoms with van der Waals surface area (Å²) in [4.78, 5) is 2.59. The van der Waals surface area contributed by atoms with E-state index in [0.717, 1.165) is 56.0 Å².